The number of para-hydroxylation sites is 5. The van der Waals surface area contributed by atoms with Crippen molar-refractivity contribution in [2.45, 2.75) is 0 Å². The molecule has 0 atom stereocenters. The van der Waals surface area contributed by atoms with E-state index in [1.807, 2.05) is 0 Å². The molecule has 5 nitrogen and oxygen atoms in total. The molecule has 0 aliphatic carbocycles. The molecule has 7 heteroatoms. The third-order valence-corrected chi connectivity index (χ3v) is 13.5. The van der Waals surface area contributed by atoms with Crippen LogP contribution in [0.2, 0.25) is 0 Å². The maximum atomic E-state index is 5.38. The van der Waals surface area contributed by atoms with E-state index in [0.717, 1.165) is 34.0 Å². The minimum absolute atomic E-state index is 0.00552. The van der Waals surface area contributed by atoms with Crippen LogP contribution >= 0.6 is 0 Å². The van der Waals surface area contributed by atoms with Crippen LogP contribution in [0.4, 0.5) is 51.2 Å². The Bertz CT molecular complexity index is 3440. The SMILES string of the molecule is c1ccc(-c2nc3cccc4c3n2-c2cccc3c2B4c2cc4c(cc2N3c2ccccc2)N(c2ccccc2)c2cccc3c2B4c2ccccc2N3c2ccccc2)cc1. The number of nitrogens with zero attached hydrogens (tertiary/aromatic N) is 5. The summed E-state index contributed by atoms with van der Waals surface area (Å²) in [6, 6.07) is 77.9. The van der Waals surface area contributed by atoms with Crippen LogP contribution in [0.1, 0.15) is 0 Å². The zero-order valence-corrected chi connectivity index (χ0v) is 33.6. The fourth-order valence-corrected chi connectivity index (χ4v) is 11.2. The van der Waals surface area contributed by atoms with Crippen LogP contribution in [0, 0.1) is 0 Å². The molecule has 62 heavy (non-hydrogen) atoms. The molecule has 0 fully saturated rings. The van der Waals surface area contributed by atoms with Gasteiger partial charge in [0.15, 0.2) is 0 Å². The van der Waals surface area contributed by atoms with Gasteiger partial charge in [0.05, 0.1) is 11.0 Å². The van der Waals surface area contributed by atoms with E-state index in [4.69, 9.17) is 4.98 Å². The molecule has 4 aliphatic heterocycles. The van der Waals surface area contributed by atoms with E-state index in [2.05, 4.69) is 232 Å². The summed E-state index contributed by atoms with van der Waals surface area (Å²) in [5.74, 6) is 0.965. The summed E-state index contributed by atoms with van der Waals surface area (Å²) in [5, 5.41) is 0. The first kappa shape index (κ1) is 33.8. The Labute approximate surface area is 360 Å². The van der Waals surface area contributed by atoms with E-state index in [0.29, 0.717) is 0 Å². The third kappa shape index (κ3) is 4.51. The molecular weight excluding hydrogens is 752 g/mol. The average molecular weight is 788 g/mol. The van der Waals surface area contributed by atoms with Crippen LogP contribution in [-0.2, 0) is 0 Å². The molecule has 286 valence electrons. The van der Waals surface area contributed by atoms with Gasteiger partial charge in [0.2, 0.25) is 0 Å². The zero-order valence-electron chi connectivity index (χ0n) is 33.6. The normalized spacial score (nSPS) is 13.6. The summed E-state index contributed by atoms with van der Waals surface area (Å²) in [5.41, 5.74) is 22.9. The van der Waals surface area contributed by atoms with Gasteiger partial charge in [-0.2, -0.15) is 0 Å². The molecule has 0 saturated carbocycles. The van der Waals surface area contributed by atoms with Crippen molar-refractivity contribution in [2.24, 2.45) is 0 Å². The lowest BCUT2D eigenvalue weighted by molar-refractivity contribution is 1.10. The minimum Gasteiger partial charge on any atom is -0.311 e. The van der Waals surface area contributed by atoms with E-state index < -0.39 is 0 Å². The van der Waals surface area contributed by atoms with Gasteiger partial charge in [-0.05, 0) is 112 Å². The Balaban J connectivity index is 1.10. The van der Waals surface area contributed by atoms with Gasteiger partial charge in [-0.15, -0.1) is 0 Å². The molecule has 0 bridgehead atoms. The van der Waals surface area contributed by atoms with Crippen molar-refractivity contribution in [1.82, 2.24) is 9.55 Å². The van der Waals surface area contributed by atoms with Crippen molar-refractivity contribution in [3.63, 3.8) is 0 Å². The van der Waals surface area contributed by atoms with Crippen LogP contribution in [0.3, 0.4) is 0 Å². The Morgan fingerprint density at radius 3 is 1.35 bits per heavy atom. The van der Waals surface area contributed by atoms with E-state index >= 15 is 0 Å². The lowest BCUT2D eigenvalue weighted by Crippen LogP contribution is -2.65. The number of hydrogen-bond acceptors (Lipinski definition) is 4. The van der Waals surface area contributed by atoms with Crippen molar-refractivity contribution in [1.29, 1.82) is 0 Å². The van der Waals surface area contributed by atoms with Gasteiger partial charge in [-0.1, -0.05) is 133 Å². The molecule has 0 spiro atoms. The van der Waals surface area contributed by atoms with Gasteiger partial charge in [-0.3, -0.25) is 4.57 Å². The highest BCUT2D eigenvalue weighted by atomic mass is 15.2. The second-order valence-electron chi connectivity index (χ2n) is 16.7. The number of hydrogen-bond donors (Lipinski definition) is 0. The minimum atomic E-state index is -0.0283. The molecule has 0 radical (unpaired) electrons. The lowest BCUT2D eigenvalue weighted by Gasteiger charge is -2.46. The summed E-state index contributed by atoms with van der Waals surface area (Å²) in [7, 11) is 0. The highest BCUT2D eigenvalue weighted by Gasteiger charge is 2.47. The molecule has 0 unspecified atom stereocenters. The van der Waals surface area contributed by atoms with Gasteiger partial charge in [-0.25, -0.2) is 4.98 Å². The van der Waals surface area contributed by atoms with Crippen molar-refractivity contribution >= 4 is 108 Å². The van der Waals surface area contributed by atoms with Gasteiger partial charge in [0.25, 0.3) is 13.4 Å². The van der Waals surface area contributed by atoms with Crippen LogP contribution in [0.5, 0.6) is 0 Å². The van der Waals surface area contributed by atoms with E-state index in [1.54, 1.807) is 0 Å². The maximum Gasteiger partial charge on any atom is 0.252 e. The number of anilines is 9. The van der Waals surface area contributed by atoms with Crippen LogP contribution in [0.25, 0.3) is 28.1 Å². The van der Waals surface area contributed by atoms with Gasteiger partial charge >= 0.3 is 0 Å². The molecule has 1 aromatic heterocycles. The predicted molar refractivity (Wildman–Crippen MR) is 260 cm³/mol. The molecule has 0 N–H and O–H groups in total. The summed E-state index contributed by atoms with van der Waals surface area (Å²) in [6.45, 7) is -0.0338. The monoisotopic (exact) mass is 787 g/mol. The highest BCUT2D eigenvalue weighted by Crippen LogP contribution is 2.47. The zero-order chi connectivity index (χ0) is 40.5. The van der Waals surface area contributed by atoms with Gasteiger partial charge in [0, 0.05) is 62.4 Å². The summed E-state index contributed by atoms with van der Waals surface area (Å²) < 4.78 is 2.43. The average Bonchev–Trinajstić information content (AvgIpc) is 3.74. The van der Waals surface area contributed by atoms with E-state index in [1.165, 1.54) is 78.1 Å². The summed E-state index contributed by atoms with van der Waals surface area (Å²) in [6.07, 6.45) is 0. The highest BCUT2D eigenvalue weighted by molar-refractivity contribution is 7.03. The van der Waals surface area contributed by atoms with Gasteiger partial charge in [0.1, 0.15) is 5.82 Å². The topological polar surface area (TPSA) is 27.5 Å². The summed E-state index contributed by atoms with van der Waals surface area (Å²) in [4.78, 5) is 12.9. The molecule has 10 aromatic rings. The fraction of sp³-hybridized carbons (Fsp3) is 0. The largest absolute Gasteiger partial charge is 0.311 e. The number of rotatable bonds is 4. The number of imidazole rings is 1. The summed E-state index contributed by atoms with van der Waals surface area (Å²) >= 11 is 0. The van der Waals surface area contributed by atoms with E-state index in [-0.39, 0.29) is 13.4 Å². The predicted octanol–water partition coefficient (Wildman–Crippen LogP) is 9.39. The fourth-order valence-electron chi connectivity index (χ4n) is 11.2. The van der Waals surface area contributed by atoms with Crippen molar-refractivity contribution in [3.05, 3.63) is 212 Å². The standard InChI is InChI=1S/C55H35B2N5/c1-5-18-36(19-6-1)55-58-44-28-15-27-41-54(44)62(55)49-33-17-32-48-53(49)57(41)43-34-42-50(35-51(43)61(48)39-24-11-4-12-25-39)60(38-22-9-3-10-23-38)47-31-16-30-46-52(47)56(42)40-26-13-14-29-45(40)59(46)37-20-7-2-8-21-37/h1-35H. The first-order valence-electron chi connectivity index (χ1n) is 21.5. The molecule has 0 amide bonds. The quantitative estimate of drug-likeness (QED) is 0.166. The van der Waals surface area contributed by atoms with Crippen molar-refractivity contribution in [3.8, 4) is 17.1 Å². The Morgan fingerprint density at radius 2 is 0.758 bits per heavy atom. The van der Waals surface area contributed by atoms with Crippen LogP contribution in [-0.4, -0.2) is 23.0 Å². The van der Waals surface area contributed by atoms with Crippen molar-refractivity contribution in [2.75, 3.05) is 14.7 Å². The lowest BCUT2D eigenvalue weighted by atomic mass is 9.30. The van der Waals surface area contributed by atoms with Gasteiger partial charge < -0.3 is 14.7 Å². The van der Waals surface area contributed by atoms with Crippen LogP contribution < -0.4 is 47.5 Å². The van der Waals surface area contributed by atoms with E-state index in [9.17, 15) is 0 Å². The maximum absolute atomic E-state index is 5.38. The molecule has 5 heterocycles. The third-order valence-electron chi connectivity index (χ3n) is 13.5. The Morgan fingerprint density at radius 1 is 0.323 bits per heavy atom. The molecule has 14 rings (SSSR count). The van der Waals surface area contributed by atoms with Crippen molar-refractivity contribution < 1.29 is 0 Å². The smallest absolute Gasteiger partial charge is 0.252 e. The molecule has 9 aromatic carbocycles. The number of benzene rings is 9. The first-order valence-corrected chi connectivity index (χ1v) is 21.5. The Hall–Kier alpha value is -8.02. The first-order chi connectivity index (χ1) is 30.8. The second-order valence-corrected chi connectivity index (χ2v) is 16.7. The molecule has 0 saturated heterocycles. The number of aromatic nitrogens is 2. The second kappa shape index (κ2) is 12.7. The number of fused-ring (bicyclic) bond motifs is 8. The molecular formula is C55H35B2N5. The molecule has 4 aliphatic rings. The van der Waals surface area contributed by atoms with Crippen LogP contribution in [0.15, 0.2) is 212 Å². The Kier molecular flexibility index (Phi) is 6.94.